The largest absolute Gasteiger partial charge is 0.444 e. The van der Waals surface area contributed by atoms with Gasteiger partial charge >= 0.3 is 6.09 Å². The van der Waals surface area contributed by atoms with Gasteiger partial charge in [-0.25, -0.2) is 4.79 Å². The predicted molar refractivity (Wildman–Crippen MR) is 84.0 cm³/mol. The van der Waals surface area contributed by atoms with E-state index in [1.165, 1.54) is 0 Å². The van der Waals surface area contributed by atoms with Gasteiger partial charge in [0.1, 0.15) is 10.6 Å². The van der Waals surface area contributed by atoms with E-state index in [1.54, 1.807) is 17.0 Å². The average molecular weight is 325 g/mol. The van der Waals surface area contributed by atoms with Crippen LogP contribution in [0.3, 0.4) is 0 Å². The number of hydrogen-bond donors (Lipinski definition) is 0. The lowest BCUT2D eigenvalue weighted by Gasteiger charge is -2.28. The van der Waals surface area contributed by atoms with Gasteiger partial charge in [-0.2, -0.15) is 5.10 Å². The Bertz CT molecular complexity index is 554. The van der Waals surface area contributed by atoms with E-state index in [4.69, 9.17) is 4.74 Å². The van der Waals surface area contributed by atoms with Gasteiger partial charge in [0, 0.05) is 12.6 Å². The monoisotopic (exact) mass is 325 g/mol. The molecule has 0 bridgehead atoms. The molecular formula is C15H23N3O3S. The van der Waals surface area contributed by atoms with Gasteiger partial charge in [0.25, 0.3) is 0 Å². The van der Waals surface area contributed by atoms with Crippen LogP contribution in [0.2, 0.25) is 0 Å². The number of hydrogen-bond acceptors (Lipinski definition) is 5. The topological polar surface area (TPSA) is 72.4 Å². The molecule has 6 nitrogen and oxygen atoms in total. The van der Waals surface area contributed by atoms with Gasteiger partial charge in [0.2, 0.25) is 0 Å². The van der Waals surface area contributed by atoms with Crippen molar-refractivity contribution < 1.29 is 13.7 Å². The van der Waals surface area contributed by atoms with Crippen molar-refractivity contribution in [2.75, 3.05) is 12.3 Å². The summed E-state index contributed by atoms with van der Waals surface area (Å²) in [7, 11) is -1.26. The van der Waals surface area contributed by atoms with Gasteiger partial charge in [-0.05, 0) is 52.7 Å². The van der Waals surface area contributed by atoms with Crippen molar-refractivity contribution in [1.29, 1.82) is 0 Å². The van der Waals surface area contributed by atoms with Crippen LogP contribution in [0, 0.1) is 6.92 Å². The number of carbonyl (C=O) groups is 1. The summed E-state index contributed by atoms with van der Waals surface area (Å²) in [4.78, 5) is 13.9. The summed E-state index contributed by atoms with van der Waals surface area (Å²) < 4.78 is 17.8. The van der Waals surface area contributed by atoms with Crippen molar-refractivity contribution in [2.45, 2.75) is 57.2 Å². The van der Waals surface area contributed by atoms with Crippen molar-refractivity contribution in [3.05, 3.63) is 17.8 Å². The molecule has 2 rings (SSSR count). The molecule has 1 aliphatic rings. The highest BCUT2D eigenvalue weighted by molar-refractivity contribution is 7.85. The molecule has 0 saturated carbocycles. The maximum Gasteiger partial charge on any atom is 0.410 e. The van der Waals surface area contributed by atoms with Gasteiger partial charge < -0.3 is 9.64 Å². The highest BCUT2D eigenvalue weighted by Gasteiger charge is 2.33. The molecule has 2 atom stereocenters. The van der Waals surface area contributed by atoms with Gasteiger partial charge in [-0.1, -0.05) is 0 Å². The Kier molecular flexibility index (Phi) is 5.16. The van der Waals surface area contributed by atoms with Crippen LogP contribution in [0.5, 0.6) is 0 Å². The molecule has 22 heavy (non-hydrogen) atoms. The lowest BCUT2D eigenvalue weighted by Crippen LogP contribution is -2.42. The van der Waals surface area contributed by atoms with Crippen molar-refractivity contribution in [3.63, 3.8) is 0 Å². The smallest absolute Gasteiger partial charge is 0.410 e. The molecule has 0 spiro atoms. The number of carbonyl (C=O) groups excluding carboxylic acids is 1. The molecule has 1 fully saturated rings. The standard InChI is InChI=1S/C15H23N3O3S/c1-11-7-8-13(17-16-11)22(20)10-12-6-5-9-18(12)14(19)21-15(2,3)4/h7-8,12H,5-6,9-10H2,1-4H3. The van der Waals surface area contributed by atoms with E-state index in [9.17, 15) is 9.00 Å². The summed E-state index contributed by atoms with van der Waals surface area (Å²) in [6.45, 7) is 8.01. The second-order valence-electron chi connectivity index (χ2n) is 6.49. The lowest BCUT2D eigenvalue weighted by atomic mass is 10.2. The predicted octanol–water partition coefficient (Wildman–Crippen LogP) is 2.29. The molecule has 1 aromatic rings. The van der Waals surface area contributed by atoms with Gasteiger partial charge in [-0.3, -0.25) is 4.21 Å². The van der Waals surface area contributed by atoms with Crippen molar-refractivity contribution in [3.8, 4) is 0 Å². The Balaban J connectivity index is 2.00. The van der Waals surface area contributed by atoms with E-state index < -0.39 is 16.4 Å². The second-order valence-corrected chi connectivity index (χ2v) is 7.94. The number of ether oxygens (including phenoxy) is 1. The summed E-state index contributed by atoms with van der Waals surface area (Å²) in [6, 6.07) is 3.45. The maximum atomic E-state index is 12.4. The Hall–Kier alpha value is -1.50. The van der Waals surface area contributed by atoms with Gasteiger partial charge in [0.15, 0.2) is 0 Å². The fraction of sp³-hybridized carbons (Fsp3) is 0.667. The second kappa shape index (κ2) is 6.73. The Morgan fingerprint density at radius 3 is 2.73 bits per heavy atom. The highest BCUT2D eigenvalue weighted by atomic mass is 32.2. The molecule has 1 amide bonds. The van der Waals surface area contributed by atoms with Crippen LogP contribution in [0.15, 0.2) is 17.2 Å². The third-order valence-corrected chi connectivity index (χ3v) is 4.73. The Morgan fingerprint density at radius 2 is 2.14 bits per heavy atom. The van der Waals surface area contributed by atoms with Crippen LogP contribution in [-0.2, 0) is 15.5 Å². The summed E-state index contributed by atoms with van der Waals surface area (Å²) in [5.74, 6) is 0.372. The minimum absolute atomic E-state index is 0.0706. The molecular weight excluding hydrogens is 302 g/mol. The van der Waals surface area contributed by atoms with Crippen molar-refractivity contribution >= 4 is 16.9 Å². The minimum Gasteiger partial charge on any atom is -0.444 e. The van der Waals surface area contributed by atoms with Crippen LogP contribution in [0.1, 0.15) is 39.3 Å². The maximum absolute atomic E-state index is 12.4. The van der Waals surface area contributed by atoms with E-state index in [1.807, 2.05) is 27.7 Å². The van der Waals surface area contributed by atoms with Crippen molar-refractivity contribution in [2.24, 2.45) is 0 Å². The number of rotatable bonds is 3. The van der Waals surface area contributed by atoms with Crippen LogP contribution in [-0.4, -0.2) is 49.3 Å². The third-order valence-electron chi connectivity index (χ3n) is 3.36. The van der Waals surface area contributed by atoms with E-state index >= 15 is 0 Å². The summed E-state index contributed by atoms with van der Waals surface area (Å²) in [5.41, 5.74) is 0.267. The van der Waals surface area contributed by atoms with Gasteiger partial charge in [-0.15, -0.1) is 5.10 Å². The quantitative estimate of drug-likeness (QED) is 0.852. The summed E-state index contributed by atoms with van der Waals surface area (Å²) in [5, 5.41) is 8.35. The van der Waals surface area contributed by atoms with Crippen LogP contribution >= 0.6 is 0 Å². The Morgan fingerprint density at radius 1 is 1.41 bits per heavy atom. The number of aryl methyl sites for hydroxylation is 1. The zero-order valence-corrected chi connectivity index (χ0v) is 14.4. The molecule has 1 saturated heterocycles. The molecule has 0 aliphatic carbocycles. The first-order valence-corrected chi connectivity index (χ1v) is 8.76. The molecule has 7 heteroatoms. The molecule has 0 aromatic carbocycles. The molecule has 122 valence electrons. The molecule has 2 unspecified atom stereocenters. The highest BCUT2D eigenvalue weighted by Crippen LogP contribution is 2.22. The fourth-order valence-corrected chi connectivity index (χ4v) is 3.56. The van der Waals surface area contributed by atoms with Gasteiger partial charge in [0.05, 0.1) is 22.2 Å². The SMILES string of the molecule is Cc1ccc(S(=O)CC2CCCN2C(=O)OC(C)(C)C)nn1. The molecule has 2 heterocycles. The normalized spacial score (nSPS) is 20.0. The van der Waals surface area contributed by atoms with E-state index in [-0.39, 0.29) is 12.1 Å². The fourth-order valence-electron chi connectivity index (χ4n) is 2.34. The van der Waals surface area contributed by atoms with E-state index in [2.05, 4.69) is 10.2 Å². The van der Waals surface area contributed by atoms with E-state index in [0.29, 0.717) is 17.3 Å². The van der Waals surface area contributed by atoms with Crippen molar-refractivity contribution in [1.82, 2.24) is 15.1 Å². The van der Waals surface area contributed by atoms with Crippen LogP contribution < -0.4 is 0 Å². The number of aromatic nitrogens is 2. The first-order valence-electron chi connectivity index (χ1n) is 7.44. The number of nitrogens with zero attached hydrogens (tertiary/aromatic N) is 3. The average Bonchev–Trinajstić information content (AvgIpc) is 2.85. The summed E-state index contributed by atoms with van der Waals surface area (Å²) in [6.07, 6.45) is 1.41. The van der Waals surface area contributed by atoms with E-state index in [0.717, 1.165) is 18.5 Å². The number of amides is 1. The molecule has 0 N–H and O–H groups in total. The third kappa shape index (κ3) is 4.50. The zero-order valence-electron chi connectivity index (χ0n) is 13.5. The molecule has 1 aliphatic heterocycles. The molecule has 0 radical (unpaired) electrons. The first kappa shape index (κ1) is 16.9. The summed E-state index contributed by atoms with van der Waals surface area (Å²) >= 11 is 0. The van der Waals surface area contributed by atoms with Crippen LogP contribution in [0.25, 0.3) is 0 Å². The van der Waals surface area contributed by atoms with Crippen LogP contribution in [0.4, 0.5) is 4.79 Å². The zero-order chi connectivity index (χ0) is 16.3. The lowest BCUT2D eigenvalue weighted by molar-refractivity contribution is 0.0241. The number of likely N-dealkylation sites (tertiary alicyclic amines) is 1. The molecule has 1 aromatic heterocycles. The minimum atomic E-state index is -1.26. The Labute approximate surface area is 133 Å². The first-order chi connectivity index (χ1) is 10.3.